The molecule has 9 heteroatoms. The highest BCUT2D eigenvalue weighted by Gasteiger charge is 2.27. The fourth-order valence-corrected chi connectivity index (χ4v) is 0.764. The molecule has 0 saturated carbocycles. The SMILES string of the molecule is NC(CCCNC(=O)NCC(F)(F)F)=NO. The Kier molecular flexibility index (Phi) is 6.04. The summed E-state index contributed by atoms with van der Waals surface area (Å²) in [6.45, 7) is -1.24. The van der Waals surface area contributed by atoms with E-state index in [-0.39, 0.29) is 18.8 Å². The van der Waals surface area contributed by atoms with E-state index in [0.717, 1.165) is 0 Å². The van der Waals surface area contributed by atoms with Gasteiger partial charge in [-0.2, -0.15) is 13.2 Å². The number of alkyl halides is 3. The molecule has 0 rings (SSSR count). The highest BCUT2D eigenvalue weighted by Crippen LogP contribution is 2.11. The first-order chi connectivity index (χ1) is 7.35. The maximum absolute atomic E-state index is 11.7. The summed E-state index contributed by atoms with van der Waals surface area (Å²) in [6.07, 6.45) is -3.81. The lowest BCUT2D eigenvalue weighted by atomic mass is 10.3. The topological polar surface area (TPSA) is 99.7 Å². The Hall–Kier alpha value is -1.67. The Labute approximate surface area is 89.7 Å². The molecule has 0 radical (unpaired) electrons. The summed E-state index contributed by atoms with van der Waals surface area (Å²) in [5.41, 5.74) is 5.13. The maximum Gasteiger partial charge on any atom is 0.405 e. The largest absolute Gasteiger partial charge is 0.409 e. The number of carbonyl (C=O) groups excluding carboxylic acids is 1. The van der Waals surface area contributed by atoms with Gasteiger partial charge >= 0.3 is 12.2 Å². The number of urea groups is 1. The van der Waals surface area contributed by atoms with E-state index in [1.165, 1.54) is 0 Å². The second-order valence-electron chi connectivity index (χ2n) is 2.92. The molecular formula is C7H13F3N4O2. The number of carbonyl (C=O) groups is 1. The molecule has 0 atom stereocenters. The molecule has 0 fully saturated rings. The van der Waals surface area contributed by atoms with Crippen LogP contribution in [0.5, 0.6) is 0 Å². The van der Waals surface area contributed by atoms with Gasteiger partial charge < -0.3 is 21.6 Å². The number of nitrogens with two attached hydrogens (primary N) is 1. The molecule has 0 aromatic carbocycles. The van der Waals surface area contributed by atoms with Crippen molar-refractivity contribution in [1.29, 1.82) is 0 Å². The first-order valence-electron chi connectivity index (χ1n) is 4.40. The first-order valence-corrected chi connectivity index (χ1v) is 4.40. The summed E-state index contributed by atoms with van der Waals surface area (Å²) >= 11 is 0. The van der Waals surface area contributed by atoms with Gasteiger partial charge in [0, 0.05) is 13.0 Å². The van der Waals surface area contributed by atoms with Crippen LogP contribution in [0.3, 0.4) is 0 Å². The Balaban J connectivity index is 3.52. The third-order valence-corrected chi connectivity index (χ3v) is 1.47. The van der Waals surface area contributed by atoms with E-state index >= 15 is 0 Å². The van der Waals surface area contributed by atoms with Gasteiger partial charge in [-0.25, -0.2) is 4.79 Å². The smallest absolute Gasteiger partial charge is 0.405 e. The number of halogens is 3. The van der Waals surface area contributed by atoms with Crippen LogP contribution in [0.2, 0.25) is 0 Å². The zero-order valence-corrected chi connectivity index (χ0v) is 8.34. The molecule has 6 nitrogen and oxygen atoms in total. The number of amides is 2. The Morgan fingerprint density at radius 2 is 2.00 bits per heavy atom. The van der Waals surface area contributed by atoms with Crippen LogP contribution in [0, 0.1) is 0 Å². The third kappa shape index (κ3) is 8.91. The number of nitrogens with zero attached hydrogens (tertiary/aromatic N) is 1. The lowest BCUT2D eigenvalue weighted by Gasteiger charge is -2.09. The Morgan fingerprint density at radius 3 is 2.50 bits per heavy atom. The second-order valence-corrected chi connectivity index (χ2v) is 2.92. The molecular weight excluding hydrogens is 229 g/mol. The molecule has 0 aliphatic heterocycles. The molecule has 0 aliphatic rings. The van der Waals surface area contributed by atoms with Gasteiger partial charge in [-0.05, 0) is 6.42 Å². The van der Waals surface area contributed by atoms with Gasteiger partial charge in [0.15, 0.2) is 0 Å². The quantitative estimate of drug-likeness (QED) is 0.184. The first kappa shape index (κ1) is 14.3. The normalized spacial score (nSPS) is 12.3. The number of oxime groups is 1. The monoisotopic (exact) mass is 242 g/mol. The molecule has 0 aromatic heterocycles. The molecule has 0 bridgehead atoms. The lowest BCUT2D eigenvalue weighted by molar-refractivity contribution is -0.122. The van der Waals surface area contributed by atoms with Gasteiger partial charge in [0.2, 0.25) is 0 Å². The third-order valence-electron chi connectivity index (χ3n) is 1.47. The Morgan fingerprint density at radius 1 is 1.38 bits per heavy atom. The molecule has 0 unspecified atom stereocenters. The van der Waals surface area contributed by atoms with Crippen molar-refractivity contribution in [3.8, 4) is 0 Å². The highest BCUT2D eigenvalue weighted by molar-refractivity contribution is 5.79. The van der Waals surface area contributed by atoms with Crippen LogP contribution < -0.4 is 16.4 Å². The average molecular weight is 242 g/mol. The molecule has 0 heterocycles. The fraction of sp³-hybridized carbons (Fsp3) is 0.714. The van der Waals surface area contributed by atoms with Crippen LogP contribution in [0.4, 0.5) is 18.0 Å². The van der Waals surface area contributed by atoms with Crippen LogP contribution in [0.15, 0.2) is 5.16 Å². The number of rotatable bonds is 5. The molecule has 94 valence electrons. The van der Waals surface area contributed by atoms with Gasteiger partial charge in [0.25, 0.3) is 0 Å². The standard InChI is InChI=1S/C7H13F3N4O2/c8-7(9,10)4-13-6(15)12-3-1-2-5(11)14-16/h16H,1-4H2,(H2,11,14)(H2,12,13,15). The summed E-state index contributed by atoms with van der Waals surface area (Å²) in [5, 5.41) is 14.7. The zero-order chi connectivity index (χ0) is 12.6. The van der Waals surface area contributed by atoms with Crippen LogP contribution in [-0.4, -0.2) is 36.3 Å². The van der Waals surface area contributed by atoms with Gasteiger partial charge in [-0.3, -0.25) is 0 Å². The summed E-state index contributed by atoms with van der Waals surface area (Å²) < 4.78 is 35.0. The predicted octanol–water partition coefficient (Wildman–Crippen LogP) is 0.374. The van der Waals surface area contributed by atoms with Crippen LogP contribution in [0.25, 0.3) is 0 Å². The van der Waals surface area contributed by atoms with Crippen LogP contribution in [0.1, 0.15) is 12.8 Å². The maximum atomic E-state index is 11.7. The van der Waals surface area contributed by atoms with Gasteiger partial charge in [0.05, 0.1) is 0 Å². The average Bonchev–Trinajstić information content (AvgIpc) is 2.20. The van der Waals surface area contributed by atoms with Crippen molar-refractivity contribution < 1.29 is 23.2 Å². The van der Waals surface area contributed by atoms with E-state index in [9.17, 15) is 18.0 Å². The molecule has 16 heavy (non-hydrogen) atoms. The van der Waals surface area contributed by atoms with Crippen molar-refractivity contribution in [3.05, 3.63) is 0 Å². The molecule has 0 spiro atoms. The highest BCUT2D eigenvalue weighted by atomic mass is 19.4. The molecule has 0 aromatic rings. The van der Waals surface area contributed by atoms with Crippen LogP contribution in [-0.2, 0) is 0 Å². The molecule has 0 aliphatic carbocycles. The minimum Gasteiger partial charge on any atom is -0.409 e. The minimum absolute atomic E-state index is 0.00232. The summed E-state index contributed by atoms with van der Waals surface area (Å²) in [6, 6.07) is -0.906. The van der Waals surface area contributed by atoms with Crippen molar-refractivity contribution in [2.45, 2.75) is 19.0 Å². The number of amidine groups is 1. The van der Waals surface area contributed by atoms with Crippen molar-refractivity contribution in [2.75, 3.05) is 13.1 Å². The van der Waals surface area contributed by atoms with E-state index in [1.54, 1.807) is 5.32 Å². The van der Waals surface area contributed by atoms with E-state index in [1.807, 2.05) is 0 Å². The van der Waals surface area contributed by atoms with Crippen molar-refractivity contribution >= 4 is 11.9 Å². The molecule has 5 N–H and O–H groups in total. The Bertz CT molecular complexity index is 255. The lowest BCUT2D eigenvalue weighted by Crippen LogP contribution is -2.41. The fourth-order valence-electron chi connectivity index (χ4n) is 0.764. The second kappa shape index (κ2) is 6.75. The zero-order valence-electron chi connectivity index (χ0n) is 8.34. The molecule has 0 saturated heterocycles. The van der Waals surface area contributed by atoms with E-state index in [0.29, 0.717) is 6.42 Å². The number of hydrogen-bond acceptors (Lipinski definition) is 3. The predicted molar refractivity (Wildman–Crippen MR) is 50.1 cm³/mol. The summed E-state index contributed by atoms with van der Waals surface area (Å²) in [4.78, 5) is 10.8. The summed E-state index contributed by atoms with van der Waals surface area (Å²) in [5.74, 6) is -0.00232. The van der Waals surface area contributed by atoms with Crippen LogP contribution >= 0.6 is 0 Å². The van der Waals surface area contributed by atoms with E-state index in [4.69, 9.17) is 10.9 Å². The van der Waals surface area contributed by atoms with Crippen molar-refractivity contribution in [3.63, 3.8) is 0 Å². The van der Waals surface area contributed by atoms with E-state index < -0.39 is 18.8 Å². The van der Waals surface area contributed by atoms with Gasteiger partial charge in [0.1, 0.15) is 12.4 Å². The van der Waals surface area contributed by atoms with Crippen molar-refractivity contribution in [1.82, 2.24) is 10.6 Å². The molecule has 2 amide bonds. The number of nitrogens with one attached hydrogen (secondary N) is 2. The van der Waals surface area contributed by atoms with E-state index in [2.05, 4.69) is 10.5 Å². The van der Waals surface area contributed by atoms with Gasteiger partial charge in [-0.1, -0.05) is 5.16 Å². The number of hydrogen-bond donors (Lipinski definition) is 4. The summed E-state index contributed by atoms with van der Waals surface area (Å²) in [7, 11) is 0. The van der Waals surface area contributed by atoms with Gasteiger partial charge in [-0.15, -0.1) is 0 Å². The minimum atomic E-state index is -4.43. The van der Waals surface area contributed by atoms with Crippen molar-refractivity contribution in [2.24, 2.45) is 10.9 Å².